The highest BCUT2D eigenvalue weighted by Gasteiger charge is 2.01. The first-order valence-electron chi connectivity index (χ1n) is 5.59. The number of amides is 1. The summed E-state index contributed by atoms with van der Waals surface area (Å²) in [4.78, 5) is 11.4. The van der Waals surface area contributed by atoms with Crippen molar-refractivity contribution in [1.29, 1.82) is 5.26 Å². The predicted octanol–water partition coefficient (Wildman–Crippen LogP) is 1.60. The van der Waals surface area contributed by atoms with E-state index in [4.69, 9.17) is 10.00 Å². The van der Waals surface area contributed by atoms with Crippen LogP contribution < -0.4 is 5.32 Å². The summed E-state index contributed by atoms with van der Waals surface area (Å²) in [7, 11) is 0. The Hall–Kier alpha value is -1.86. The van der Waals surface area contributed by atoms with Crippen LogP contribution in [0.2, 0.25) is 0 Å². The molecule has 0 aliphatic rings. The second kappa shape index (κ2) is 7.42. The molecule has 17 heavy (non-hydrogen) atoms. The van der Waals surface area contributed by atoms with Crippen molar-refractivity contribution in [2.75, 3.05) is 13.2 Å². The van der Waals surface area contributed by atoms with Crippen LogP contribution in [0.5, 0.6) is 0 Å². The molecule has 1 N–H and O–H groups in total. The van der Waals surface area contributed by atoms with Gasteiger partial charge in [-0.05, 0) is 24.6 Å². The van der Waals surface area contributed by atoms with Gasteiger partial charge in [0.25, 0.3) is 0 Å². The number of nitrogens with one attached hydrogen (secondary N) is 1. The molecule has 0 aliphatic carbocycles. The van der Waals surface area contributed by atoms with Crippen molar-refractivity contribution >= 4 is 5.91 Å². The first-order valence-corrected chi connectivity index (χ1v) is 5.59. The largest absolute Gasteiger partial charge is 0.381 e. The molecule has 0 saturated carbocycles. The number of nitrogens with zero attached hydrogens (tertiary/aromatic N) is 1. The number of benzene rings is 1. The summed E-state index contributed by atoms with van der Waals surface area (Å²) in [5.74, 6) is -0.0409. The smallest absolute Gasteiger partial charge is 0.222 e. The Balaban J connectivity index is 2.34. The molecule has 90 valence electrons. The van der Waals surface area contributed by atoms with E-state index in [1.165, 1.54) is 0 Å². The fraction of sp³-hybridized carbons (Fsp3) is 0.385. The number of rotatable bonds is 6. The lowest BCUT2D eigenvalue weighted by atomic mass is 10.1. The molecule has 1 rings (SSSR count). The number of nitriles is 1. The fourth-order valence-electron chi connectivity index (χ4n) is 1.35. The fourth-order valence-corrected chi connectivity index (χ4v) is 1.35. The molecule has 0 atom stereocenters. The molecule has 0 spiro atoms. The molecule has 0 fully saturated rings. The van der Waals surface area contributed by atoms with Crippen molar-refractivity contribution in [3.05, 3.63) is 35.4 Å². The first-order chi connectivity index (χ1) is 8.26. The average Bonchev–Trinajstić information content (AvgIpc) is 2.37. The highest BCUT2D eigenvalue weighted by molar-refractivity contribution is 5.75. The van der Waals surface area contributed by atoms with Crippen molar-refractivity contribution in [2.24, 2.45) is 0 Å². The number of hydrogen-bond donors (Lipinski definition) is 1. The molecular formula is C13H16N2O2. The van der Waals surface area contributed by atoms with Crippen LogP contribution in [-0.2, 0) is 16.1 Å². The van der Waals surface area contributed by atoms with Crippen LogP contribution in [0.1, 0.15) is 24.5 Å². The van der Waals surface area contributed by atoms with E-state index in [1.54, 1.807) is 18.2 Å². The van der Waals surface area contributed by atoms with E-state index in [9.17, 15) is 4.79 Å². The molecule has 0 aromatic heterocycles. The van der Waals surface area contributed by atoms with Gasteiger partial charge in [-0.1, -0.05) is 12.1 Å². The third-order valence-corrected chi connectivity index (χ3v) is 2.22. The molecule has 1 amide bonds. The van der Waals surface area contributed by atoms with E-state index >= 15 is 0 Å². The van der Waals surface area contributed by atoms with Crippen molar-refractivity contribution in [1.82, 2.24) is 5.32 Å². The molecule has 0 bridgehead atoms. The number of carbonyl (C=O) groups excluding carboxylic acids is 1. The van der Waals surface area contributed by atoms with Crippen LogP contribution in [0.25, 0.3) is 0 Å². The van der Waals surface area contributed by atoms with Gasteiger partial charge in [0.05, 0.1) is 18.2 Å². The molecule has 0 heterocycles. The average molecular weight is 232 g/mol. The van der Waals surface area contributed by atoms with E-state index in [1.807, 2.05) is 13.0 Å². The standard InChI is InChI=1S/C13H16N2O2/c1-2-17-7-6-13(16)15-10-12-5-3-4-11(8-12)9-14/h3-5,8H,2,6-7,10H2,1H3,(H,15,16). The summed E-state index contributed by atoms with van der Waals surface area (Å²) in [6.45, 7) is 3.41. The SMILES string of the molecule is CCOCCC(=O)NCc1cccc(C#N)c1. The zero-order valence-corrected chi connectivity index (χ0v) is 9.90. The van der Waals surface area contributed by atoms with Crippen LogP contribution >= 0.6 is 0 Å². The Kier molecular flexibility index (Phi) is 5.76. The summed E-state index contributed by atoms with van der Waals surface area (Å²) in [6.07, 6.45) is 0.367. The normalized spacial score (nSPS) is 9.65. The summed E-state index contributed by atoms with van der Waals surface area (Å²) < 4.78 is 5.09. The maximum absolute atomic E-state index is 11.4. The molecule has 0 radical (unpaired) electrons. The van der Waals surface area contributed by atoms with Crippen molar-refractivity contribution in [2.45, 2.75) is 19.9 Å². The summed E-state index contributed by atoms with van der Waals surface area (Å²) in [6, 6.07) is 9.25. The molecule has 0 aliphatic heterocycles. The molecular weight excluding hydrogens is 216 g/mol. The minimum absolute atomic E-state index is 0.0409. The lowest BCUT2D eigenvalue weighted by molar-refractivity contribution is -0.122. The zero-order chi connectivity index (χ0) is 12.5. The van der Waals surface area contributed by atoms with E-state index in [-0.39, 0.29) is 5.91 Å². The topological polar surface area (TPSA) is 62.1 Å². The molecule has 1 aromatic rings. The van der Waals surface area contributed by atoms with Crippen LogP contribution in [-0.4, -0.2) is 19.1 Å². The third-order valence-electron chi connectivity index (χ3n) is 2.22. The van der Waals surface area contributed by atoms with Crippen LogP contribution in [0, 0.1) is 11.3 Å². The van der Waals surface area contributed by atoms with Crippen LogP contribution in [0.15, 0.2) is 24.3 Å². The lowest BCUT2D eigenvalue weighted by Crippen LogP contribution is -2.23. The second-order valence-corrected chi connectivity index (χ2v) is 3.54. The Morgan fingerprint density at radius 1 is 1.53 bits per heavy atom. The second-order valence-electron chi connectivity index (χ2n) is 3.54. The van der Waals surface area contributed by atoms with Crippen LogP contribution in [0.3, 0.4) is 0 Å². The number of carbonyl (C=O) groups is 1. The van der Waals surface area contributed by atoms with E-state index in [0.717, 1.165) is 5.56 Å². The highest BCUT2D eigenvalue weighted by Crippen LogP contribution is 2.03. The van der Waals surface area contributed by atoms with Gasteiger partial charge in [-0.3, -0.25) is 4.79 Å². The summed E-state index contributed by atoms with van der Waals surface area (Å²) in [5.41, 5.74) is 1.53. The molecule has 0 unspecified atom stereocenters. The molecule has 4 nitrogen and oxygen atoms in total. The van der Waals surface area contributed by atoms with E-state index in [2.05, 4.69) is 11.4 Å². The first kappa shape index (κ1) is 13.2. The Labute approximate surface area is 101 Å². The van der Waals surface area contributed by atoms with Gasteiger partial charge in [0.15, 0.2) is 0 Å². The molecule has 1 aromatic carbocycles. The molecule has 0 saturated heterocycles. The lowest BCUT2D eigenvalue weighted by Gasteiger charge is -2.05. The van der Waals surface area contributed by atoms with Crippen LogP contribution in [0.4, 0.5) is 0 Å². The predicted molar refractivity (Wildman–Crippen MR) is 64.1 cm³/mol. The van der Waals surface area contributed by atoms with Gasteiger partial charge < -0.3 is 10.1 Å². The maximum Gasteiger partial charge on any atom is 0.222 e. The van der Waals surface area contributed by atoms with Gasteiger partial charge in [0.2, 0.25) is 5.91 Å². The van der Waals surface area contributed by atoms with Gasteiger partial charge in [0, 0.05) is 19.6 Å². The number of ether oxygens (including phenoxy) is 1. The van der Waals surface area contributed by atoms with Gasteiger partial charge in [-0.15, -0.1) is 0 Å². The van der Waals surface area contributed by atoms with Gasteiger partial charge in [-0.25, -0.2) is 0 Å². The van der Waals surface area contributed by atoms with Gasteiger partial charge >= 0.3 is 0 Å². The summed E-state index contributed by atoms with van der Waals surface area (Å²) in [5, 5.41) is 11.5. The Bertz CT molecular complexity index is 410. The van der Waals surface area contributed by atoms with E-state index in [0.29, 0.717) is 31.7 Å². The van der Waals surface area contributed by atoms with Crippen molar-refractivity contribution < 1.29 is 9.53 Å². The maximum atomic E-state index is 11.4. The third kappa shape index (κ3) is 5.14. The monoisotopic (exact) mass is 232 g/mol. The Morgan fingerprint density at radius 3 is 3.06 bits per heavy atom. The minimum atomic E-state index is -0.0409. The minimum Gasteiger partial charge on any atom is -0.381 e. The highest BCUT2D eigenvalue weighted by atomic mass is 16.5. The van der Waals surface area contributed by atoms with Gasteiger partial charge in [-0.2, -0.15) is 5.26 Å². The van der Waals surface area contributed by atoms with Gasteiger partial charge in [0.1, 0.15) is 0 Å². The van der Waals surface area contributed by atoms with E-state index < -0.39 is 0 Å². The zero-order valence-electron chi connectivity index (χ0n) is 9.90. The quantitative estimate of drug-likeness (QED) is 0.758. The number of hydrogen-bond acceptors (Lipinski definition) is 3. The Morgan fingerprint density at radius 2 is 2.35 bits per heavy atom. The van der Waals surface area contributed by atoms with Crippen molar-refractivity contribution in [3.63, 3.8) is 0 Å². The molecule has 4 heteroatoms. The summed E-state index contributed by atoms with van der Waals surface area (Å²) >= 11 is 0. The van der Waals surface area contributed by atoms with Crippen molar-refractivity contribution in [3.8, 4) is 6.07 Å².